The predicted molar refractivity (Wildman–Crippen MR) is 108 cm³/mol. The molecular formula is C20H14N6O4. The van der Waals surface area contributed by atoms with Crippen molar-refractivity contribution in [2.24, 2.45) is 0 Å². The summed E-state index contributed by atoms with van der Waals surface area (Å²) in [5.41, 5.74) is 4.64. The number of amides is 1. The Kier molecular flexibility index (Phi) is 5.12. The first kappa shape index (κ1) is 18.7. The summed E-state index contributed by atoms with van der Waals surface area (Å²) in [4.78, 5) is 34.8. The topological polar surface area (TPSA) is 132 Å². The van der Waals surface area contributed by atoms with E-state index in [2.05, 4.69) is 25.8 Å². The molecule has 0 radical (unpaired) electrons. The maximum atomic E-state index is 12.2. The Morgan fingerprint density at radius 1 is 1.00 bits per heavy atom. The number of anilines is 1. The van der Waals surface area contributed by atoms with Crippen LogP contribution in [0.5, 0.6) is 11.6 Å². The van der Waals surface area contributed by atoms with Gasteiger partial charge in [-0.15, -0.1) is 0 Å². The summed E-state index contributed by atoms with van der Waals surface area (Å²) in [7, 11) is 0. The first-order valence-electron chi connectivity index (χ1n) is 8.75. The van der Waals surface area contributed by atoms with Gasteiger partial charge in [-0.1, -0.05) is 36.4 Å². The van der Waals surface area contributed by atoms with E-state index < -0.39 is 16.5 Å². The van der Waals surface area contributed by atoms with Crippen LogP contribution in [0, 0.1) is 10.1 Å². The summed E-state index contributed by atoms with van der Waals surface area (Å²) >= 11 is 0. The van der Waals surface area contributed by atoms with Gasteiger partial charge in [0.25, 0.3) is 5.91 Å². The Bertz CT molecular complexity index is 1230. The van der Waals surface area contributed by atoms with Crippen LogP contribution >= 0.6 is 0 Å². The lowest BCUT2D eigenvalue weighted by molar-refractivity contribution is -0.385. The highest BCUT2D eigenvalue weighted by atomic mass is 16.6. The molecule has 0 aliphatic heterocycles. The fourth-order valence-corrected chi connectivity index (χ4v) is 2.77. The summed E-state index contributed by atoms with van der Waals surface area (Å²) in [6.07, 6.45) is 4.02. The second kappa shape index (κ2) is 8.19. The van der Waals surface area contributed by atoms with Gasteiger partial charge in [0.05, 0.1) is 4.92 Å². The molecule has 0 aliphatic carbocycles. The Labute approximate surface area is 169 Å². The fraction of sp³-hybridized carbons (Fsp3) is 0. The molecule has 2 heterocycles. The molecule has 0 fully saturated rings. The van der Waals surface area contributed by atoms with Crippen LogP contribution in [0.2, 0.25) is 0 Å². The number of pyridine rings is 1. The summed E-state index contributed by atoms with van der Waals surface area (Å²) in [5.74, 6) is -0.580. The number of nitrogens with one attached hydrogen (secondary N) is 2. The molecule has 2 N–H and O–H groups in total. The number of fused-ring (bicyclic) bond motifs is 1. The number of hydrazine groups is 1. The van der Waals surface area contributed by atoms with Crippen LogP contribution in [0.1, 0.15) is 10.4 Å². The molecule has 4 rings (SSSR count). The van der Waals surface area contributed by atoms with E-state index in [0.29, 0.717) is 11.3 Å². The number of nitro groups is 1. The Hall–Kier alpha value is -4.60. The zero-order chi connectivity index (χ0) is 20.9. The zero-order valence-electron chi connectivity index (χ0n) is 15.4. The first-order chi connectivity index (χ1) is 14.6. The maximum Gasteiger partial charge on any atom is 0.374 e. The van der Waals surface area contributed by atoms with E-state index >= 15 is 0 Å². The van der Waals surface area contributed by atoms with Gasteiger partial charge in [-0.2, -0.15) is 4.98 Å². The van der Waals surface area contributed by atoms with Gasteiger partial charge in [-0.3, -0.25) is 30.7 Å². The van der Waals surface area contributed by atoms with Crippen LogP contribution in [0.25, 0.3) is 10.8 Å². The minimum Gasteiger partial charge on any atom is -0.433 e. The number of hydrogen-bond acceptors (Lipinski definition) is 8. The van der Waals surface area contributed by atoms with Gasteiger partial charge < -0.3 is 4.74 Å². The van der Waals surface area contributed by atoms with E-state index in [9.17, 15) is 14.9 Å². The molecule has 10 nitrogen and oxygen atoms in total. The number of carbonyl (C=O) groups is 1. The van der Waals surface area contributed by atoms with Crippen LogP contribution in [-0.4, -0.2) is 25.8 Å². The largest absolute Gasteiger partial charge is 0.433 e. The lowest BCUT2D eigenvalue weighted by atomic mass is 10.1. The molecule has 2 aromatic carbocycles. The van der Waals surface area contributed by atoms with Crippen LogP contribution in [0.4, 0.5) is 11.5 Å². The molecule has 10 heteroatoms. The molecule has 148 valence electrons. The Morgan fingerprint density at radius 3 is 2.57 bits per heavy atom. The van der Waals surface area contributed by atoms with Crippen LogP contribution in [0.3, 0.4) is 0 Å². The number of carbonyl (C=O) groups excluding carboxylic acids is 1. The third-order valence-electron chi connectivity index (χ3n) is 4.16. The van der Waals surface area contributed by atoms with Gasteiger partial charge in [-0.25, -0.2) is 4.98 Å². The number of benzene rings is 2. The van der Waals surface area contributed by atoms with E-state index in [1.165, 1.54) is 24.5 Å². The van der Waals surface area contributed by atoms with Crippen molar-refractivity contribution in [1.29, 1.82) is 0 Å². The average Bonchev–Trinajstić information content (AvgIpc) is 2.78. The van der Waals surface area contributed by atoms with Gasteiger partial charge in [0, 0.05) is 23.3 Å². The number of rotatable bonds is 6. The highest BCUT2D eigenvalue weighted by Gasteiger charge is 2.26. The minimum atomic E-state index is -0.679. The lowest BCUT2D eigenvalue weighted by Crippen LogP contribution is -2.30. The molecule has 0 atom stereocenters. The standard InChI is InChI=1S/C20H14N6O4/c27-19(14-8-10-21-11-9-14)25-24-18-17(26(28)29)20(23-12-22-18)30-16-7-3-5-13-4-1-2-6-15(13)16/h1-12H,(H,25,27)(H,22,23,24). The molecule has 0 saturated heterocycles. The molecule has 0 unspecified atom stereocenters. The van der Waals surface area contributed by atoms with Crippen LogP contribution in [-0.2, 0) is 0 Å². The quantitative estimate of drug-likeness (QED) is 0.370. The van der Waals surface area contributed by atoms with Crippen molar-refractivity contribution in [2.75, 3.05) is 5.43 Å². The van der Waals surface area contributed by atoms with Crippen molar-refractivity contribution in [1.82, 2.24) is 20.4 Å². The Balaban J connectivity index is 1.63. The van der Waals surface area contributed by atoms with Crippen molar-refractivity contribution in [3.8, 4) is 11.6 Å². The molecule has 30 heavy (non-hydrogen) atoms. The number of ether oxygens (including phenoxy) is 1. The van der Waals surface area contributed by atoms with Gasteiger partial charge in [0.15, 0.2) is 0 Å². The van der Waals surface area contributed by atoms with Crippen molar-refractivity contribution in [3.05, 3.63) is 89.0 Å². The van der Waals surface area contributed by atoms with Crippen molar-refractivity contribution < 1.29 is 14.5 Å². The van der Waals surface area contributed by atoms with E-state index in [1.807, 2.05) is 30.3 Å². The summed E-state index contributed by atoms with van der Waals surface area (Å²) < 4.78 is 5.76. The van der Waals surface area contributed by atoms with Crippen molar-refractivity contribution in [2.45, 2.75) is 0 Å². The molecule has 0 aliphatic rings. The smallest absolute Gasteiger partial charge is 0.374 e. The first-order valence-corrected chi connectivity index (χ1v) is 8.75. The molecule has 0 bridgehead atoms. The average molecular weight is 402 g/mol. The molecule has 1 amide bonds. The molecule has 0 saturated carbocycles. The van der Waals surface area contributed by atoms with Gasteiger partial charge in [-0.05, 0) is 23.6 Å². The molecule has 2 aromatic heterocycles. The lowest BCUT2D eigenvalue weighted by Gasteiger charge is -2.11. The fourth-order valence-electron chi connectivity index (χ4n) is 2.77. The number of hydrogen-bond donors (Lipinski definition) is 2. The Morgan fingerprint density at radius 2 is 1.77 bits per heavy atom. The summed E-state index contributed by atoms with van der Waals surface area (Å²) in [6.45, 7) is 0. The summed E-state index contributed by atoms with van der Waals surface area (Å²) in [5, 5.41) is 13.4. The molecule has 4 aromatic rings. The second-order valence-corrected chi connectivity index (χ2v) is 6.03. The third-order valence-corrected chi connectivity index (χ3v) is 4.16. The maximum absolute atomic E-state index is 12.2. The van der Waals surface area contributed by atoms with E-state index in [0.717, 1.165) is 17.1 Å². The van der Waals surface area contributed by atoms with E-state index in [-0.39, 0.29) is 11.7 Å². The van der Waals surface area contributed by atoms with Gasteiger partial charge in [0.1, 0.15) is 12.1 Å². The summed E-state index contributed by atoms with van der Waals surface area (Å²) in [6, 6.07) is 15.8. The minimum absolute atomic E-state index is 0.215. The van der Waals surface area contributed by atoms with Crippen molar-refractivity contribution in [3.63, 3.8) is 0 Å². The normalized spacial score (nSPS) is 10.4. The highest BCUT2D eigenvalue weighted by molar-refractivity contribution is 5.94. The van der Waals surface area contributed by atoms with Gasteiger partial charge in [0.2, 0.25) is 5.82 Å². The monoisotopic (exact) mass is 402 g/mol. The van der Waals surface area contributed by atoms with E-state index in [4.69, 9.17) is 4.74 Å². The zero-order valence-corrected chi connectivity index (χ0v) is 15.4. The third kappa shape index (κ3) is 3.83. The van der Waals surface area contributed by atoms with Crippen molar-refractivity contribution >= 4 is 28.2 Å². The molecule has 0 spiro atoms. The number of nitrogens with zero attached hydrogens (tertiary/aromatic N) is 4. The molecular weight excluding hydrogens is 388 g/mol. The number of aromatic nitrogens is 3. The predicted octanol–water partition coefficient (Wildman–Crippen LogP) is 3.48. The highest BCUT2D eigenvalue weighted by Crippen LogP contribution is 2.36. The van der Waals surface area contributed by atoms with E-state index in [1.54, 1.807) is 12.1 Å². The second-order valence-electron chi connectivity index (χ2n) is 6.03. The SMILES string of the molecule is O=C(NNc1ncnc(Oc2cccc3ccccc23)c1[N+](=O)[O-])c1ccncc1. The van der Waals surface area contributed by atoms with Gasteiger partial charge >= 0.3 is 11.6 Å². The van der Waals surface area contributed by atoms with Crippen LogP contribution in [0.15, 0.2) is 73.3 Å². The van der Waals surface area contributed by atoms with Crippen LogP contribution < -0.4 is 15.6 Å².